The van der Waals surface area contributed by atoms with Crippen molar-refractivity contribution < 1.29 is 32.2 Å². The monoisotopic (exact) mass is 469 g/mol. The summed E-state index contributed by atoms with van der Waals surface area (Å²) >= 11 is 0. The number of carbonyl (C=O) groups is 1. The lowest BCUT2D eigenvalue weighted by atomic mass is 9.93. The number of hydrogen-bond acceptors (Lipinski definition) is 4. The van der Waals surface area contributed by atoms with Crippen LogP contribution in [0.5, 0.6) is 17.2 Å². The van der Waals surface area contributed by atoms with Crippen LogP contribution < -0.4 is 19.5 Å². The number of benzene rings is 3. The lowest BCUT2D eigenvalue weighted by Crippen LogP contribution is -2.27. The maximum atomic E-state index is 13.3. The molecule has 1 heterocycles. The molecule has 0 aromatic heterocycles. The van der Waals surface area contributed by atoms with Crippen molar-refractivity contribution in [1.29, 1.82) is 0 Å². The number of halogens is 3. The molecular weight excluding hydrogens is 447 g/mol. The van der Waals surface area contributed by atoms with Crippen LogP contribution in [0, 0.1) is 6.92 Å². The number of amides is 1. The van der Waals surface area contributed by atoms with Gasteiger partial charge in [0.15, 0.2) is 11.5 Å². The number of fused-ring (bicyclic) bond motifs is 1. The summed E-state index contributed by atoms with van der Waals surface area (Å²) in [5, 5.41) is 2.96. The SMILES string of the molecule is COc1ccc(C(F)(F)F)cc1-c1cc(NC(=O)C2(c3ccc4c(c3)OCO4)CC2)ccc1C. The molecule has 0 unspecified atom stereocenters. The first-order valence-electron chi connectivity index (χ1n) is 10.8. The number of alkyl halides is 3. The minimum Gasteiger partial charge on any atom is -0.496 e. The van der Waals surface area contributed by atoms with Gasteiger partial charge in [-0.25, -0.2) is 0 Å². The lowest BCUT2D eigenvalue weighted by Gasteiger charge is -2.18. The summed E-state index contributed by atoms with van der Waals surface area (Å²) in [6.07, 6.45) is -3.10. The predicted molar refractivity (Wildman–Crippen MR) is 120 cm³/mol. The molecule has 1 saturated carbocycles. The Labute approximate surface area is 194 Å². The van der Waals surface area contributed by atoms with Gasteiger partial charge in [0.2, 0.25) is 12.7 Å². The molecule has 1 aliphatic heterocycles. The molecule has 1 fully saturated rings. The Balaban J connectivity index is 1.46. The van der Waals surface area contributed by atoms with Crippen molar-refractivity contribution in [2.75, 3.05) is 19.2 Å². The minimum absolute atomic E-state index is 0.156. The van der Waals surface area contributed by atoms with Crippen LogP contribution >= 0.6 is 0 Å². The Kier molecular flexibility index (Phi) is 5.19. The third-order valence-corrected chi connectivity index (χ3v) is 6.42. The van der Waals surface area contributed by atoms with Crippen molar-refractivity contribution in [1.82, 2.24) is 0 Å². The molecule has 2 aliphatic rings. The Morgan fingerprint density at radius 1 is 0.971 bits per heavy atom. The summed E-state index contributed by atoms with van der Waals surface area (Å²) in [6, 6.07) is 14.1. The number of hydrogen-bond donors (Lipinski definition) is 1. The van der Waals surface area contributed by atoms with Crippen molar-refractivity contribution in [3.63, 3.8) is 0 Å². The number of methoxy groups -OCH3 is 1. The Morgan fingerprint density at radius 3 is 2.44 bits per heavy atom. The van der Waals surface area contributed by atoms with Gasteiger partial charge in [0.25, 0.3) is 0 Å². The molecule has 0 spiro atoms. The van der Waals surface area contributed by atoms with E-state index in [4.69, 9.17) is 14.2 Å². The number of carbonyl (C=O) groups excluding carboxylic acids is 1. The quantitative estimate of drug-likeness (QED) is 0.492. The highest BCUT2D eigenvalue weighted by molar-refractivity contribution is 6.02. The smallest absolute Gasteiger partial charge is 0.416 e. The van der Waals surface area contributed by atoms with Crippen molar-refractivity contribution >= 4 is 11.6 Å². The number of anilines is 1. The normalized spacial score (nSPS) is 15.7. The molecule has 0 bridgehead atoms. The first kappa shape index (κ1) is 22.1. The highest BCUT2D eigenvalue weighted by Gasteiger charge is 2.51. The zero-order valence-corrected chi connectivity index (χ0v) is 18.6. The molecule has 176 valence electrons. The number of nitrogens with one attached hydrogen (secondary N) is 1. The van der Waals surface area contributed by atoms with E-state index < -0.39 is 17.2 Å². The van der Waals surface area contributed by atoms with Gasteiger partial charge in [0.1, 0.15) is 5.75 Å². The second-order valence-corrected chi connectivity index (χ2v) is 8.55. The van der Waals surface area contributed by atoms with Crippen molar-refractivity contribution in [3.8, 4) is 28.4 Å². The molecule has 5 rings (SSSR count). The van der Waals surface area contributed by atoms with Crippen molar-refractivity contribution in [3.05, 3.63) is 71.3 Å². The third-order valence-electron chi connectivity index (χ3n) is 6.42. The van der Waals surface area contributed by atoms with Crippen LogP contribution in [0.2, 0.25) is 0 Å². The molecule has 1 amide bonds. The van der Waals surface area contributed by atoms with E-state index in [1.165, 1.54) is 13.2 Å². The van der Waals surface area contributed by atoms with Gasteiger partial charge < -0.3 is 19.5 Å². The van der Waals surface area contributed by atoms with Crippen LogP contribution in [-0.4, -0.2) is 19.8 Å². The first-order valence-corrected chi connectivity index (χ1v) is 10.8. The Hall–Kier alpha value is -3.68. The van der Waals surface area contributed by atoms with E-state index >= 15 is 0 Å². The van der Waals surface area contributed by atoms with Gasteiger partial charge in [0, 0.05) is 11.3 Å². The van der Waals surface area contributed by atoms with Crippen LogP contribution in [0.3, 0.4) is 0 Å². The van der Waals surface area contributed by atoms with E-state index in [-0.39, 0.29) is 12.7 Å². The van der Waals surface area contributed by atoms with Crippen molar-refractivity contribution in [2.24, 2.45) is 0 Å². The fraction of sp³-hybridized carbons (Fsp3) is 0.269. The molecule has 34 heavy (non-hydrogen) atoms. The summed E-state index contributed by atoms with van der Waals surface area (Å²) < 4.78 is 56.1. The van der Waals surface area contributed by atoms with Crippen LogP contribution in [0.25, 0.3) is 11.1 Å². The van der Waals surface area contributed by atoms with Gasteiger partial charge in [-0.15, -0.1) is 0 Å². The fourth-order valence-corrected chi connectivity index (χ4v) is 4.30. The van der Waals surface area contributed by atoms with Gasteiger partial charge in [-0.05, 0) is 78.9 Å². The van der Waals surface area contributed by atoms with Crippen LogP contribution in [0.4, 0.5) is 18.9 Å². The average Bonchev–Trinajstić information content (AvgIpc) is 3.50. The summed E-state index contributed by atoms with van der Waals surface area (Å²) in [5.74, 6) is 1.42. The van der Waals surface area contributed by atoms with Crippen LogP contribution in [0.1, 0.15) is 29.5 Å². The van der Waals surface area contributed by atoms with E-state index in [2.05, 4.69) is 5.32 Å². The topological polar surface area (TPSA) is 56.8 Å². The van der Waals surface area contributed by atoms with Gasteiger partial charge in [-0.2, -0.15) is 13.2 Å². The first-order chi connectivity index (χ1) is 16.2. The second kappa shape index (κ2) is 7.97. The van der Waals surface area contributed by atoms with Gasteiger partial charge >= 0.3 is 6.18 Å². The number of aryl methyl sites for hydroxylation is 1. The van der Waals surface area contributed by atoms with Crippen LogP contribution in [0.15, 0.2) is 54.6 Å². The van der Waals surface area contributed by atoms with E-state index in [0.717, 1.165) is 23.3 Å². The molecule has 5 nitrogen and oxygen atoms in total. The maximum Gasteiger partial charge on any atom is 0.416 e. The van der Waals surface area contributed by atoms with E-state index in [9.17, 15) is 18.0 Å². The average molecular weight is 469 g/mol. The molecule has 0 atom stereocenters. The standard InChI is InChI=1S/C26H22F3NO4/c1-15-3-6-18(13-19(15)20-11-17(26(27,28)29)5-7-21(20)32-2)30-24(31)25(9-10-25)16-4-8-22-23(12-16)34-14-33-22/h3-8,11-13H,9-10,14H2,1-2H3,(H,30,31). The summed E-state index contributed by atoms with van der Waals surface area (Å²) in [6.45, 7) is 1.96. The third kappa shape index (κ3) is 3.83. The zero-order valence-electron chi connectivity index (χ0n) is 18.6. The van der Waals surface area contributed by atoms with Gasteiger partial charge in [0.05, 0.1) is 18.1 Å². The van der Waals surface area contributed by atoms with E-state index in [0.29, 0.717) is 46.9 Å². The highest BCUT2D eigenvalue weighted by Crippen LogP contribution is 2.51. The Bertz CT molecular complexity index is 1280. The number of ether oxygens (including phenoxy) is 3. The minimum atomic E-state index is -4.48. The fourth-order valence-electron chi connectivity index (χ4n) is 4.30. The Morgan fingerprint density at radius 2 is 1.74 bits per heavy atom. The molecule has 8 heteroatoms. The van der Waals surface area contributed by atoms with Gasteiger partial charge in [-0.1, -0.05) is 12.1 Å². The molecule has 0 saturated heterocycles. The molecule has 1 N–H and O–H groups in total. The molecular formula is C26H22F3NO4. The second-order valence-electron chi connectivity index (χ2n) is 8.55. The predicted octanol–water partition coefficient (Wildman–Crippen LogP) is 6.09. The largest absolute Gasteiger partial charge is 0.496 e. The molecule has 3 aromatic carbocycles. The van der Waals surface area contributed by atoms with Crippen molar-refractivity contribution in [2.45, 2.75) is 31.4 Å². The summed E-state index contributed by atoms with van der Waals surface area (Å²) in [5.41, 5.74) is 1.53. The number of rotatable bonds is 5. The molecule has 0 radical (unpaired) electrons. The highest BCUT2D eigenvalue weighted by atomic mass is 19.4. The van der Waals surface area contributed by atoms with E-state index in [1.807, 2.05) is 12.1 Å². The maximum absolute atomic E-state index is 13.3. The van der Waals surface area contributed by atoms with Gasteiger partial charge in [-0.3, -0.25) is 4.79 Å². The summed E-state index contributed by atoms with van der Waals surface area (Å²) in [4.78, 5) is 13.3. The lowest BCUT2D eigenvalue weighted by molar-refractivity contribution is -0.137. The summed E-state index contributed by atoms with van der Waals surface area (Å²) in [7, 11) is 1.41. The van der Waals surface area contributed by atoms with E-state index in [1.54, 1.807) is 31.2 Å². The zero-order chi connectivity index (χ0) is 24.1. The molecule has 1 aliphatic carbocycles. The molecule has 3 aromatic rings. The van der Waals surface area contributed by atoms with Crippen LogP contribution in [-0.2, 0) is 16.4 Å².